The summed E-state index contributed by atoms with van der Waals surface area (Å²) < 4.78 is 29.6. The van der Waals surface area contributed by atoms with E-state index in [2.05, 4.69) is 4.98 Å². The monoisotopic (exact) mass is 264 g/mol. The zero-order chi connectivity index (χ0) is 12.5. The molecule has 0 spiro atoms. The lowest BCUT2D eigenvalue weighted by atomic mass is 9.94. The minimum absolute atomic E-state index is 0.199. The average molecular weight is 264 g/mol. The van der Waals surface area contributed by atoms with Crippen molar-refractivity contribution in [3.05, 3.63) is 52.1 Å². The lowest BCUT2D eigenvalue weighted by molar-refractivity contribution is 0.519. The molecule has 0 radical (unpaired) electrons. The third-order valence-electron chi connectivity index (χ3n) is 4.24. The number of benzene rings is 1. The number of hydrogen-bond acceptors (Lipinski definition) is 1. The van der Waals surface area contributed by atoms with Gasteiger partial charge in [-0.3, -0.25) is 0 Å². The molecule has 5 heteroatoms. The Kier molecular flexibility index (Phi) is 1.79. The third-order valence-corrected chi connectivity index (χ3v) is 4.58. The first kappa shape index (κ1) is 10.4. The van der Waals surface area contributed by atoms with Gasteiger partial charge < -0.3 is 9.55 Å². The van der Waals surface area contributed by atoms with Gasteiger partial charge in [-0.15, -0.1) is 0 Å². The number of aromatic nitrogens is 2. The number of rotatable bonds is 1. The number of imidazole rings is 1. The fourth-order valence-electron chi connectivity index (χ4n) is 3.29. The molecular formula is C13H10F2N2S. The van der Waals surface area contributed by atoms with Crippen molar-refractivity contribution in [1.29, 1.82) is 0 Å². The summed E-state index contributed by atoms with van der Waals surface area (Å²) in [7, 11) is 0. The van der Waals surface area contributed by atoms with Gasteiger partial charge in [0, 0.05) is 35.8 Å². The van der Waals surface area contributed by atoms with Gasteiger partial charge in [0.05, 0.1) is 0 Å². The SMILES string of the molecule is Fc1ccc([C@]23CC2c2c[nH]c(=S)n2C3)c(F)c1. The standard InChI is InChI=1S/C13H10F2N2S/c14-7-1-2-8(10(15)3-7)13-4-9(13)11-5-16-12(18)17(11)6-13/h1-3,5,9H,4,6H2,(H,16,18)/t9?,13-/m1/s1. The van der Waals surface area contributed by atoms with Crippen LogP contribution in [0.3, 0.4) is 0 Å². The molecule has 2 aliphatic rings. The van der Waals surface area contributed by atoms with Gasteiger partial charge in [-0.05, 0) is 30.3 Å². The van der Waals surface area contributed by atoms with Crippen LogP contribution in [0, 0.1) is 16.4 Å². The van der Waals surface area contributed by atoms with Gasteiger partial charge in [-0.25, -0.2) is 8.78 Å². The summed E-state index contributed by atoms with van der Waals surface area (Å²) >= 11 is 5.19. The zero-order valence-electron chi connectivity index (χ0n) is 9.41. The van der Waals surface area contributed by atoms with E-state index >= 15 is 0 Å². The highest BCUT2D eigenvalue weighted by atomic mass is 32.1. The minimum atomic E-state index is -0.528. The Morgan fingerprint density at radius 1 is 1.39 bits per heavy atom. The molecule has 2 aromatic rings. The zero-order valence-corrected chi connectivity index (χ0v) is 10.2. The number of fused-ring (bicyclic) bond motifs is 3. The molecule has 1 aromatic carbocycles. The van der Waals surface area contributed by atoms with Crippen LogP contribution in [-0.2, 0) is 12.0 Å². The summed E-state index contributed by atoms with van der Waals surface area (Å²) in [6, 6.07) is 3.87. The van der Waals surface area contributed by atoms with Gasteiger partial charge in [0.2, 0.25) is 0 Å². The predicted molar refractivity (Wildman–Crippen MR) is 65.0 cm³/mol. The Morgan fingerprint density at radius 2 is 2.22 bits per heavy atom. The van der Waals surface area contributed by atoms with Crippen LogP contribution >= 0.6 is 12.2 Å². The first-order valence-electron chi connectivity index (χ1n) is 5.85. The topological polar surface area (TPSA) is 20.7 Å². The van der Waals surface area contributed by atoms with Gasteiger partial charge >= 0.3 is 0 Å². The molecule has 2 atom stereocenters. The normalized spacial score (nSPS) is 28.0. The van der Waals surface area contributed by atoms with Gasteiger partial charge in [0.1, 0.15) is 11.6 Å². The average Bonchev–Trinajstić information content (AvgIpc) is 2.78. The molecule has 92 valence electrons. The fourth-order valence-corrected chi connectivity index (χ4v) is 3.52. The molecule has 1 aromatic heterocycles. The number of nitrogens with one attached hydrogen (secondary N) is 1. The van der Waals surface area contributed by atoms with Crippen LogP contribution < -0.4 is 0 Å². The van der Waals surface area contributed by atoms with Crippen molar-refractivity contribution >= 4 is 12.2 Å². The van der Waals surface area contributed by atoms with Crippen LogP contribution in [0.2, 0.25) is 0 Å². The number of H-pyrrole nitrogens is 1. The second-order valence-electron chi connectivity index (χ2n) is 5.14. The second kappa shape index (κ2) is 3.09. The van der Waals surface area contributed by atoms with Crippen molar-refractivity contribution < 1.29 is 8.78 Å². The number of hydrogen-bond donors (Lipinski definition) is 1. The maximum atomic E-state index is 13.9. The van der Waals surface area contributed by atoms with Gasteiger partial charge in [0.15, 0.2) is 4.77 Å². The van der Waals surface area contributed by atoms with Crippen molar-refractivity contribution in [3.8, 4) is 0 Å². The van der Waals surface area contributed by atoms with E-state index < -0.39 is 11.6 Å². The molecule has 1 fully saturated rings. The van der Waals surface area contributed by atoms with E-state index in [9.17, 15) is 8.78 Å². The first-order chi connectivity index (χ1) is 8.62. The summed E-state index contributed by atoms with van der Waals surface area (Å²) in [5.74, 6) is -0.664. The highest BCUT2D eigenvalue weighted by Gasteiger charge is 2.62. The van der Waals surface area contributed by atoms with E-state index in [0.717, 1.165) is 18.2 Å². The molecule has 0 bridgehead atoms. The minimum Gasteiger partial charge on any atom is -0.337 e. The molecule has 0 saturated heterocycles. The maximum absolute atomic E-state index is 13.9. The Labute approximate surface area is 107 Å². The number of aromatic amines is 1. The molecule has 2 heterocycles. The van der Waals surface area contributed by atoms with E-state index in [1.807, 2.05) is 10.8 Å². The molecule has 18 heavy (non-hydrogen) atoms. The number of nitrogens with zero attached hydrogens (tertiary/aromatic N) is 1. The van der Waals surface area contributed by atoms with E-state index in [-0.39, 0.29) is 5.41 Å². The van der Waals surface area contributed by atoms with Gasteiger partial charge in [-0.2, -0.15) is 0 Å². The molecule has 1 saturated carbocycles. The Morgan fingerprint density at radius 3 is 2.94 bits per heavy atom. The van der Waals surface area contributed by atoms with E-state index in [1.54, 1.807) is 6.07 Å². The summed E-state index contributed by atoms with van der Waals surface area (Å²) in [5.41, 5.74) is 1.56. The Hall–Kier alpha value is -1.49. The van der Waals surface area contributed by atoms with Crippen molar-refractivity contribution in [2.45, 2.75) is 24.3 Å². The van der Waals surface area contributed by atoms with Crippen molar-refractivity contribution in [2.75, 3.05) is 0 Å². The summed E-state index contributed by atoms with van der Waals surface area (Å²) in [4.78, 5) is 3.01. The predicted octanol–water partition coefficient (Wildman–Crippen LogP) is 3.26. The summed E-state index contributed by atoms with van der Waals surface area (Å²) in [5, 5.41) is 0. The van der Waals surface area contributed by atoms with Crippen LogP contribution in [0.4, 0.5) is 8.78 Å². The molecule has 1 unspecified atom stereocenters. The number of halogens is 2. The van der Waals surface area contributed by atoms with Crippen LogP contribution in [-0.4, -0.2) is 9.55 Å². The summed E-state index contributed by atoms with van der Waals surface area (Å²) in [6.07, 6.45) is 2.82. The Balaban J connectivity index is 1.84. The van der Waals surface area contributed by atoms with E-state index in [1.165, 1.54) is 6.07 Å². The lowest BCUT2D eigenvalue weighted by Crippen LogP contribution is -2.14. The first-order valence-corrected chi connectivity index (χ1v) is 6.26. The molecular weight excluding hydrogens is 254 g/mol. The fraction of sp³-hybridized carbons (Fsp3) is 0.308. The van der Waals surface area contributed by atoms with Gasteiger partial charge in [-0.1, -0.05) is 6.07 Å². The van der Waals surface area contributed by atoms with E-state index in [4.69, 9.17) is 12.2 Å². The second-order valence-corrected chi connectivity index (χ2v) is 5.53. The third kappa shape index (κ3) is 1.13. The highest BCUT2D eigenvalue weighted by molar-refractivity contribution is 7.71. The highest BCUT2D eigenvalue weighted by Crippen LogP contribution is 2.65. The van der Waals surface area contributed by atoms with Crippen molar-refractivity contribution in [2.24, 2.45) is 0 Å². The molecule has 1 N–H and O–H groups in total. The molecule has 2 nitrogen and oxygen atoms in total. The molecule has 1 aliphatic heterocycles. The van der Waals surface area contributed by atoms with Crippen molar-refractivity contribution in [3.63, 3.8) is 0 Å². The van der Waals surface area contributed by atoms with Crippen LogP contribution in [0.25, 0.3) is 0 Å². The van der Waals surface area contributed by atoms with E-state index in [0.29, 0.717) is 22.8 Å². The molecule has 4 rings (SSSR count). The van der Waals surface area contributed by atoms with Crippen LogP contribution in [0.5, 0.6) is 0 Å². The van der Waals surface area contributed by atoms with Crippen molar-refractivity contribution in [1.82, 2.24) is 9.55 Å². The van der Waals surface area contributed by atoms with Crippen LogP contribution in [0.1, 0.15) is 23.6 Å². The lowest BCUT2D eigenvalue weighted by Gasteiger charge is -2.14. The molecule has 0 amide bonds. The summed E-state index contributed by atoms with van der Waals surface area (Å²) in [6.45, 7) is 0.692. The Bertz CT molecular complexity index is 718. The maximum Gasteiger partial charge on any atom is 0.177 e. The molecule has 1 aliphatic carbocycles. The largest absolute Gasteiger partial charge is 0.337 e. The van der Waals surface area contributed by atoms with Crippen LogP contribution in [0.15, 0.2) is 24.4 Å². The quantitative estimate of drug-likeness (QED) is 0.784. The van der Waals surface area contributed by atoms with Gasteiger partial charge in [0.25, 0.3) is 0 Å². The smallest absolute Gasteiger partial charge is 0.177 e.